The first kappa shape index (κ1) is 14.9. The van der Waals surface area contributed by atoms with E-state index in [1.165, 1.54) is 18.4 Å². The van der Waals surface area contributed by atoms with E-state index in [4.69, 9.17) is 0 Å². The lowest BCUT2D eigenvalue weighted by Gasteiger charge is -2.04. The Morgan fingerprint density at radius 2 is 2.30 bits per heavy atom. The van der Waals surface area contributed by atoms with Crippen molar-refractivity contribution < 1.29 is 14.6 Å². The van der Waals surface area contributed by atoms with E-state index in [9.17, 15) is 9.90 Å². The van der Waals surface area contributed by atoms with E-state index in [1.54, 1.807) is 23.9 Å². The number of thioether (sulfide) groups is 1. The number of esters is 1. The van der Waals surface area contributed by atoms with E-state index in [1.807, 2.05) is 23.6 Å². The summed E-state index contributed by atoms with van der Waals surface area (Å²) in [6.07, 6.45) is 0. The van der Waals surface area contributed by atoms with Gasteiger partial charge in [0, 0.05) is 22.7 Å². The predicted molar refractivity (Wildman–Crippen MR) is 81.3 cm³/mol. The van der Waals surface area contributed by atoms with Gasteiger partial charge in [0.15, 0.2) is 0 Å². The molecule has 0 spiro atoms. The lowest BCUT2D eigenvalue weighted by Crippen LogP contribution is -2.11. The molecule has 0 radical (unpaired) electrons. The van der Waals surface area contributed by atoms with Crippen LogP contribution in [0.5, 0.6) is 5.75 Å². The van der Waals surface area contributed by atoms with Crippen molar-refractivity contribution in [1.82, 2.24) is 5.32 Å². The average molecular weight is 309 g/mol. The molecule has 20 heavy (non-hydrogen) atoms. The number of benzene rings is 1. The van der Waals surface area contributed by atoms with Crippen LogP contribution < -0.4 is 5.32 Å². The number of nitrogens with one attached hydrogen (secondary N) is 1. The average Bonchev–Trinajstić information content (AvgIpc) is 2.92. The van der Waals surface area contributed by atoms with Crippen molar-refractivity contribution in [3.8, 4) is 5.75 Å². The number of aromatic hydroxyl groups is 1. The molecule has 106 valence electrons. The Bertz CT molecular complexity index is 583. The summed E-state index contributed by atoms with van der Waals surface area (Å²) in [5.74, 6) is 0.708. The minimum absolute atomic E-state index is 0.275. The van der Waals surface area contributed by atoms with E-state index in [0.29, 0.717) is 11.4 Å². The molecule has 0 atom stereocenters. The summed E-state index contributed by atoms with van der Waals surface area (Å²) in [6.45, 7) is 0.690. The fraction of sp³-hybridized carbons (Fsp3) is 0.214. The van der Waals surface area contributed by atoms with Gasteiger partial charge in [-0.25, -0.2) is 4.79 Å². The molecule has 2 rings (SSSR count). The standard InChI is InChI=1S/C14H15NO3S2/c1-18-14(17)13-6-12(8-19-13)20-9-15-7-10-3-2-4-11(16)5-10/h2-6,8,15-16H,7,9H2,1H3. The van der Waals surface area contributed by atoms with Gasteiger partial charge in [-0.1, -0.05) is 12.1 Å². The number of rotatable bonds is 6. The van der Waals surface area contributed by atoms with Gasteiger partial charge in [-0.3, -0.25) is 0 Å². The number of phenolic OH excluding ortho intramolecular Hbond substituents is 1. The third kappa shape index (κ3) is 4.26. The second-order valence-corrected chi connectivity index (χ2v) is 5.98. The smallest absolute Gasteiger partial charge is 0.348 e. The van der Waals surface area contributed by atoms with Crippen LogP contribution in [-0.4, -0.2) is 24.1 Å². The normalized spacial score (nSPS) is 10.4. The first-order valence-corrected chi connectivity index (χ1v) is 7.84. The fourth-order valence-corrected chi connectivity index (χ4v) is 3.35. The van der Waals surface area contributed by atoms with Crippen LogP contribution in [0, 0.1) is 0 Å². The third-order valence-electron chi connectivity index (χ3n) is 2.54. The number of ether oxygens (including phenoxy) is 1. The number of hydrogen-bond acceptors (Lipinski definition) is 6. The molecule has 0 amide bonds. The summed E-state index contributed by atoms with van der Waals surface area (Å²) in [5.41, 5.74) is 1.03. The van der Waals surface area contributed by atoms with E-state index < -0.39 is 0 Å². The monoisotopic (exact) mass is 309 g/mol. The molecule has 0 bridgehead atoms. The zero-order valence-electron chi connectivity index (χ0n) is 11.0. The molecule has 0 saturated carbocycles. The lowest BCUT2D eigenvalue weighted by molar-refractivity contribution is 0.0606. The second-order valence-electron chi connectivity index (χ2n) is 4.02. The van der Waals surface area contributed by atoms with Crippen molar-refractivity contribution in [3.05, 3.63) is 46.2 Å². The Labute approximate surface area is 125 Å². The number of phenols is 1. The van der Waals surface area contributed by atoms with Crippen LogP contribution in [0.1, 0.15) is 15.2 Å². The molecule has 0 aliphatic rings. The highest BCUT2D eigenvalue weighted by atomic mass is 32.2. The summed E-state index contributed by atoms with van der Waals surface area (Å²) < 4.78 is 4.67. The predicted octanol–water partition coefficient (Wildman–Crippen LogP) is 3.08. The minimum Gasteiger partial charge on any atom is -0.508 e. The van der Waals surface area contributed by atoms with Gasteiger partial charge in [0.1, 0.15) is 10.6 Å². The maximum atomic E-state index is 11.3. The molecule has 1 aromatic heterocycles. The van der Waals surface area contributed by atoms with E-state index in [2.05, 4.69) is 10.1 Å². The van der Waals surface area contributed by atoms with Crippen molar-refractivity contribution in [2.45, 2.75) is 11.4 Å². The first-order valence-electron chi connectivity index (χ1n) is 5.97. The molecule has 0 aliphatic heterocycles. The minimum atomic E-state index is -0.297. The number of methoxy groups -OCH3 is 1. The van der Waals surface area contributed by atoms with E-state index >= 15 is 0 Å². The van der Waals surface area contributed by atoms with Gasteiger partial charge in [-0.2, -0.15) is 0 Å². The van der Waals surface area contributed by atoms with Gasteiger partial charge in [0.2, 0.25) is 0 Å². The Hall–Kier alpha value is -1.50. The molecule has 0 unspecified atom stereocenters. The fourth-order valence-electron chi connectivity index (χ4n) is 1.60. The first-order chi connectivity index (χ1) is 9.69. The summed E-state index contributed by atoms with van der Waals surface area (Å²) in [4.78, 5) is 13.0. The highest BCUT2D eigenvalue weighted by Gasteiger charge is 2.08. The summed E-state index contributed by atoms with van der Waals surface area (Å²) in [6, 6.07) is 8.99. The van der Waals surface area contributed by atoms with Crippen molar-refractivity contribution in [2.24, 2.45) is 0 Å². The molecular weight excluding hydrogens is 294 g/mol. The maximum absolute atomic E-state index is 11.3. The van der Waals surface area contributed by atoms with Crippen molar-refractivity contribution >= 4 is 29.1 Å². The molecule has 6 heteroatoms. The molecular formula is C14H15NO3S2. The van der Waals surface area contributed by atoms with Crippen molar-refractivity contribution in [3.63, 3.8) is 0 Å². The summed E-state index contributed by atoms with van der Waals surface area (Å²) >= 11 is 3.00. The van der Waals surface area contributed by atoms with Crippen LogP contribution in [0.4, 0.5) is 0 Å². The molecule has 0 aliphatic carbocycles. The van der Waals surface area contributed by atoms with Crippen LogP contribution in [0.2, 0.25) is 0 Å². The van der Waals surface area contributed by atoms with Crippen LogP contribution >= 0.6 is 23.1 Å². The SMILES string of the molecule is COC(=O)c1cc(SCNCc2cccc(O)c2)cs1. The topological polar surface area (TPSA) is 58.6 Å². The Morgan fingerprint density at radius 1 is 1.45 bits per heavy atom. The molecule has 2 N–H and O–H groups in total. The van der Waals surface area contributed by atoms with Crippen LogP contribution in [0.15, 0.2) is 40.6 Å². The Morgan fingerprint density at radius 3 is 3.05 bits per heavy atom. The van der Waals surface area contributed by atoms with Crippen LogP contribution in [-0.2, 0) is 11.3 Å². The van der Waals surface area contributed by atoms with E-state index in [-0.39, 0.29) is 11.7 Å². The number of carbonyl (C=O) groups is 1. The van der Waals surface area contributed by atoms with Gasteiger partial charge in [-0.15, -0.1) is 23.1 Å². The lowest BCUT2D eigenvalue weighted by atomic mass is 10.2. The molecule has 0 fully saturated rings. The maximum Gasteiger partial charge on any atom is 0.348 e. The Kier molecular flexibility index (Phi) is 5.46. The van der Waals surface area contributed by atoms with E-state index in [0.717, 1.165) is 16.3 Å². The molecule has 2 aromatic rings. The largest absolute Gasteiger partial charge is 0.508 e. The van der Waals surface area contributed by atoms with Crippen molar-refractivity contribution in [2.75, 3.05) is 13.0 Å². The number of carbonyl (C=O) groups excluding carboxylic acids is 1. The highest BCUT2D eigenvalue weighted by molar-refractivity contribution is 7.99. The van der Waals surface area contributed by atoms with Gasteiger partial charge in [-0.05, 0) is 23.8 Å². The highest BCUT2D eigenvalue weighted by Crippen LogP contribution is 2.24. The summed E-state index contributed by atoms with van der Waals surface area (Å²) in [5, 5.41) is 14.6. The number of hydrogen-bond donors (Lipinski definition) is 2. The van der Waals surface area contributed by atoms with Crippen LogP contribution in [0.25, 0.3) is 0 Å². The molecule has 4 nitrogen and oxygen atoms in total. The second kappa shape index (κ2) is 7.33. The zero-order chi connectivity index (χ0) is 14.4. The molecule has 1 heterocycles. The van der Waals surface area contributed by atoms with Gasteiger partial charge < -0.3 is 15.2 Å². The van der Waals surface area contributed by atoms with Crippen molar-refractivity contribution in [1.29, 1.82) is 0 Å². The zero-order valence-corrected chi connectivity index (χ0v) is 12.6. The van der Waals surface area contributed by atoms with Gasteiger partial charge >= 0.3 is 5.97 Å². The Balaban J connectivity index is 1.76. The molecule has 0 saturated heterocycles. The van der Waals surface area contributed by atoms with Gasteiger partial charge in [0.25, 0.3) is 0 Å². The third-order valence-corrected chi connectivity index (χ3v) is 4.52. The van der Waals surface area contributed by atoms with Crippen LogP contribution in [0.3, 0.4) is 0 Å². The van der Waals surface area contributed by atoms with Gasteiger partial charge in [0.05, 0.1) is 7.11 Å². The quantitative estimate of drug-likeness (QED) is 0.372. The summed E-state index contributed by atoms with van der Waals surface area (Å²) in [7, 11) is 1.38. The molecule has 1 aromatic carbocycles. The number of thiophene rings is 1.